The van der Waals surface area contributed by atoms with E-state index in [1.807, 2.05) is 17.9 Å². The van der Waals surface area contributed by atoms with Crippen molar-refractivity contribution in [3.63, 3.8) is 0 Å². The third kappa shape index (κ3) is 1.86. The minimum atomic E-state index is 0.835. The zero-order valence-electron chi connectivity index (χ0n) is 9.61. The number of hydrogen-bond acceptors (Lipinski definition) is 2. The van der Waals surface area contributed by atoms with Crippen LogP contribution in [0.5, 0.6) is 5.75 Å². The Balaban J connectivity index is 2.10. The summed E-state index contributed by atoms with van der Waals surface area (Å²) in [7, 11) is 2.00. The minimum absolute atomic E-state index is 0.835. The van der Waals surface area contributed by atoms with E-state index in [4.69, 9.17) is 4.74 Å². The van der Waals surface area contributed by atoms with Gasteiger partial charge in [-0.3, -0.25) is 0 Å². The number of aromatic nitrogens is 2. The highest BCUT2D eigenvalue weighted by molar-refractivity contribution is 9.10. The summed E-state index contributed by atoms with van der Waals surface area (Å²) < 4.78 is 8.53. The smallest absolute Gasteiger partial charge is 0.132 e. The van der Waals surface area contributed by atoms with Gasteiger partial charge in [-0.1, -0.05) is 0 Å². The second kappa shape index (κ2) is 4.18. The molecular weight excluding hydrogens is 280 g/mol. The van der Waals surface area contributed by atoms with Gasteiger partial charge in [0.25, 0.3) is 0 Å². The van der Waals surface area contributed by atoms with Gasteiger partial charge in [0.1, 0.15) is 10.4 Å². The third-order valence-corrected chi connectivity index (χ3v) is 3.65. The average molecular weight is 293 g/mol. The molecule has 0 unspecified atom stereocenters. The molecule has 1 aromatic heterocycles. The molecule has 4 heteroatoms. The predicted molar refractivity (Wildman–Crippen MR) is 70.2 cm³/mol. The fraction of sp³-hybridized carbons (Fsp3) is 0.308. The van der Waals surface area contributed by atoms with Crippen LogP contribution in [-0.2, 0) is 13.5 Å². The standard InChI is InChI=1S/C13H13BrN2O/c1-16-8-15-13(14)12(16)10-4-5-11-9(7-10)3-2-6-17-11/h4-5,7-8H,2-3,6H2,1H3. The van der Waals surface area contributed by atoms with E-state index in [1.165, 1.54) is 11.1 Å². The molecule has 88 valence electrons. The Morgan fingerprint density at radius 3 is 3.06 bits per heavy atom. The first-order valence-corrected chi connectivity index (χ1v) is 6.48. The maximum absolute atomic E-state index is 5.62. The molecule has 0 saturated heterocycles. The highest BCUT2D eigenvalue weighted by Gasteiger charge is 2.14. The van der Waals surface area contributed by atoms with Crippen molar-refractivity contribution in [2.45, 2.75) is 12.8 Å². The molecule has 1 aliphatic rings. The van der Waals surface area contributed by atoms with Gasteiger partial charge in [0.2, 0.25) is 0 Å². The molecule has 0 fully saturated rings. The van der Waals surface area contributed by atoms with Crippen LogP contribution in [0.15, 0.2) is 29.1 Å². The Bertz CT molecular complexity index is 543. The molecule has 17 heavy (non-hydrogen) atoms. The second-order valence-electron chi connectivity index (χ2n) is 4.27. The highest BCUT2D eigenvalue weighted by atomic mass is 79.9. The number of ether oxygens (including phenoxy) is 1. The number of benzene rings is 1. The van der Waals surface area contributed by atoms with E-state index in [-0.39, 0.29) is 0 Å². The van der Waals surface area contributed by atoms with Gasteiger partial charge < -0.3 is 9.30 Å². The Morgan fingerprint density at radius 2 is 2.29 bits per heavy atom. The number of nitrogens with zero attached hydrogens (tertiary/aromatic N) is 2. The first-order valence-electron chi connectivity index (χ1n) is 5.68. The van der Waals surface area contributed by atoms with Crippen molar-refractivity contribution in [3.05, 3.63) is 34.7 Å². The molecule has 0 saturated carbocycles. The van der Waals surface area contributed by atoms with Crippen LogP contribution in [0.2, 0.25) is 0 Å². The first-order chi connectivity index (χ1) is 8.25. The van der Waals surface area contributed by atoms with Gasteiger partial charge in [0.05, 0.1) is 18.6 Å². The van der Waals surface area contributed by atoms with Crippen molar-refractivity contribution < 1.29 is 4.74 Å². The van der Waals surface area contributed by atoms with Gasteiger partial charge >= 0.3 is 0 Å². The van der Waals surface area contributed by atoms with E-state index in [0.717, 1.165) is 35.5 Å². The molecule has 2 aromatic rings. The lowest BCUT2D eigenvalue weighted by Gasteiger charge is -2.18. The molecule has 2 heterocycles. The van der Waals surface area contributed by atoms with Gasteiger partial charge in [0, 0.05) is 12.6 Å². The molecule has 1 aromatic carbocycles. The van der Waals surface area contributed by atoms with Gasteiger partial charge in [0.15, 0.2) is 0 Å². The van der Waals surface area contributed by atoms with Gasteiger partial charge in [-0.05, 0) is 52.5 Å². The number of halogens is 1. The van der Waals surface area contributed by atoms with Gasteiger partial charge in [-0.25, -0.2) is 4.98 Å². The van der Waals surface area contributed by atoms with Crippen LogP contribution in [0.25, 0.3) is 11.3 Å². The molecule has 0 spiro atoms. The molecule has 0 aliphatic carbocycles. The fourth-order valence-corrected chi connectivity index (χ4v) is 2.83. The van der Waals surface area contributed by atoms with E-state index in [2.05, 4.69) is 39.1 Å². The van der Waals surface area contributed by atoms with Crippen molar-refractivity contribution in [2.75, 3.05) is 6.61 Å². The molecule has 0 radical (unpaired) electrons. The van der Waals surface area contributed by atoms with Crippen molar-refractivity contribution in [1.82, 2.24) is 9.55 Å². The second-order valence-corrected chi connectivity index (χ2v) is 5.02. The van der Waals surface area contributed by atoms with Crippen molar-refractivity contribution in [3.8, 4) is 17.0 Å². The minimum Gasteiger partial charge on any atom is -0.493 e. The largest absolute Gasteiger partial charge is 0.493 e. The number of imidazole rings is 1. The van der Waals surface area contributed by atoms with E-state index in [0.29, 0.717) is 0 Å². The van der Waals surface area contributed by atoms with Crippen LogP contribution in [-0.4, -0.2) is 16.2 Å². The lowest BCUT2D eigenvalue weighted by Crippen LogP contribution is -2.08. The van der Waals surface area contributed by atoms with Crippen LogP contribution in [0.3, 0.4) is 0 Å². The van der Waals surface area contributed by atoms with Gasteiger partial charge in [-0.2, -0.15) is 0 Å². The molecule has 0 amide bonds. The topological polar surface area (TPSA) is 27.1 Å². The quantitative estimate of drug-likeness (QED) is 0.807. The number of aryl methyl sites for hydroxylation is 2. The maximum atomic E-state index is 5.62. The SMILES string of the molecule is Cn1cnc(Br)c1-c1ccc2c(c1)CCCO2. The monoisotopic (exact) mass is 292 g/mol. The summed E-state index contributed by atoms with van der Waals surface area (Å²) in [4.78, 5) is 4.25. The van der Waals surface area contributed by atoms with E-state index >= 15 is 0 Å². The first kappa shape index (κ1) is 10.8. The van der Waals surface area contributed by atoms with Crippen LogP contribution < -0.4 is 4.74 Å². The molecule has 0 bridgehead atoms. The zero-order valence-corrected chi connectivity index (χ0v) is 11.2. The van der Waals surface area contributed by atoms with Crippen LogP contribution in [0.1, 0.15) is 12.0 Å². The molecular formula is C13H13BrN2O. The predicted octanol–water partition coefficient (Wildman–Crippen LogP) is 3.17. The van der Waals surface area contributed by atoms with Crippen LogP contribution >= 0.6 is 15.9 Å². The van der Waals surface area contributed by atoms with Crippen LogP contribution in [0.4, 0.5) is 0 Å². The lowest BCUT2D eigenvalue weighted by molar-refractivity contribution is 0.288. The van der Waals surface area contributed by atoms with Crippen LogP contribution in [0, 0.1) is 0 Å². The maximum Gasteiger partial charge on any atom is 0.132 e. The fourth-order valence-electron chi connectivity index (χ4n) is 2.23. The number of rotatable bonds is 1. The Kier molecular flexibility index (Phi) is 2.67. The summed E-state index contributed by atoms with van der Waals surface area (Å²) in [5.41, 5.74) is 3.58. The van der Waals surface area contributed by atoms with Crippen molar-refractivity contribution in [1.29, 1.82) is 0 Å². The summed E-state index contributed by atoms with van der Waals surface area (Å²) in [6, 6.07) is 6.35. The highest BCUT2D eigenvalue weighted by Crippen LogP contribution is 2.32. The summed E-state index contributed by atoms with van der Waals surface area (Å²) >= 11 is 3.49. The Labute approximate surface area is 109 Å². The van der Waals surface area contributed by atoms with E-state index in [1.54, 1.807) is 0 Å². The van der Waals surface area contributed by atoms with E-state index < -0.39 is 0 Å². The summed E-state index contributed by atoms with van der Waals surface area (Å²) in [5, 5.41) is 0. The lowest BCUT2D eigenvalue weighted by atomic mass is 10.0. The number of hydrogen-bond donors (Lipinski definition) is 0. The van der Waals surface area contributed by atoms with Crippen molar-refractivity contribution in [2.24, 2.45) is 7.05 Å². The van der Waals surface area contributed by atoms with E-state index in [9.17, 15) is 0 Å². The van der Waals surface area contributed by atoms with Crippen molar-refractivity contribution >= 4 is 15.9 Å². The normalized spacial score (nSPS) is 14.2. The summed E-state index contributed by atoms with van der Waals surface area (Å²) in [6.45, 7) is 0.835. The zero-order chi connectivity index (χ0) is 11.8. The Morgan fingerprint density at radius 1 is 1.41 bits per heavy atom. The summed E-state index contributed by atoms with van der Waals surface area (Å²) in [5.74, 6) is 1.03. The number of fused-ring (bicyclic) bond motifs is 1. The summed E-state index contributed by atoms with van der Waals surface area (Å²) in [6.07, 6.45) is 4.01. The third-order valence-electron chi connectivity index (χ3n) is 3.07. The average Bonchev–Trinajstić information content (AvgIpc) is 2.68. The Hall–Kier alpha value is -1.29. The van der Waals surface area contributed by atoms with Gasteiger partial charge in [-0.15, -0.1) is 0 Å². The molecule has 0 atom stereocenters. The molecule has 0 N–H and O–H groups in total. The molecule has 3 rings (SSSR count). The molecule has 3 nitrogen and oxygen atoms in total. The molecule has 1 aliphatic heterocycles.